The Morgan fingerprint density at radius 3 is 1.53 bits per heavy atom. The first-order chi connectivity index (χ1) is 8.37. The van der Waals surface area contributed by atoms with Crippen LogP contribution in [0.25, 0.3) is 0 Å². The molecule has 1 N–H and O–H groups in total. The Labute approximate surface area is 119 Å². The Hall–Kier alpha value is -0.970. The average molecular weight is 283 g/mol. The maximum absolute atomic E-state index is 10.3. The van der Waals surface area contributed by atoms with Gasteiger partial charge in [-0.2, -0.15) is 0 Å². The van der Waals surface area contributed by atoms with Gasteiger partial charge in [0.05, 0.1) is 19.3 Å². The number of likely N-dealkylation sites (N-methyl/N-ethyl adjacent to an activating group) is 1. The highest BCUT2D eigenvalue weighted by molar-refractivity contribution is 5.80. The van der Waals surface area contributed by atoms with Crippen LogP contribution in [0.2, 0.25) is 0 Å². The average Bonchev–Trinajstić information content (AvgIpc) is 2.32. The minimum atomic E-state index is -0.250. The molecule has 0 saturated heterocycles. The molecule has 1 atom stereocenters. The zero-order chi connectivity index (χ0) is 15.6. The number of hydrogen-bond acceptors (Lipinski definition) is 4. The van der Waals surface area contributed by atoms with E-state index in [1.54, 1.807) is 20.9 Å². The van der Waals surface area contributed by atoms with Crippen LogP contribution in [0.15, 0.2) is 0 Å². The zero-order valence-electron chi connectivity index (χ0n) is 13.1. The number of nitrogens with one attached hydrogen (secondary N) is 1. The molecule has 0 aliphatic rings. The lowest BCUT2D eigenvalue weighted by Gasteiger charge is -2.01. The van der Waals surface area contributed by atoms with E-state index in [-0.39, 0.29) is 31.9 Å². The summed E-state index contributed by atoms with van der Waals surface area (Å²) in [6.45, 7) is 12.3. The quantitative estimate of drug-likeness (QED) is 0.807. The van der Waals surface area contributed by atoms with Gasteiger partial charge in [-0.05, 0) is 34.7 Å². The van der Waals surface area contributed by atoms with Crippen molar-refractivity contribution in [2.45, 2.75) is 61.9 Å². The summed E-state index contributed by atoms with van der Waals surface area (Å²) in [4.78, 5) is 20.1. The molecule has 0 radical (unpaired) electrons. The Kier molecular flexibility index (Phi) is 49.0. The number of carbonyl (C=O) groups is 2. The second-order valence-electron chi connectivity index (χ2n) is 2.81. The van der Waals surface area contributed by atoms with E-state index in [1.807, 2.05) is 20.8 Å². The van der Waals surface area contributed by atoms with Gasteiger partial charge in [-0.25, -0.2) is 0 Å². The molecule has 5 heteroatoms. The zero-order valence-corrected chi connectivity index (χ0v) is 13.1. The lowest BCUT2D eigenvalue weighted by molar-refractivity contribution is -0.140. The minimum Gasteiger partial charge on any atom is -0.466 e. The van der Waals surface area contributed by atoms with E-state index in [4.69, 9.17) is 0 Å². The first kappa shape index (κ1) is 30.8. The fraction of sp³-hybridized carbons (Fsp3) is 0.857. The maximum Gasteiger partial charge on any atom is 0.302 e. The fourth-order valence-corrected chi connectivity index (χ4v) is 0.407. The Morgan fingerprint density at radius 1 is 1.21 bits per heavy atom. The normalized spacial score (nSPS) is 8.68. The molecule has 0 aromatic rings. The highest BCUT2D eigenvalue weighted by atomic mass is 19.1. The van der Waals surface area contributed by atoms with Gasteiger partial charge in [-0.3, -0.25) is 14.0 Å². The van der Waals surface area contributed by atoms with Crippen LogP contribution in [0.5, 0.6) is 0 Å². The molecule has 4 nitrogen and oxygen atoms in total. The number of esters is 1. The van der Waals surface area contributed by atoms with Crippen LogP contribution in [-0.2, 0) is 14.3 Å². The van der Waals surface area contributed by atoms with Gasteiger partial charge in [0.25, 0.3) is 0 Å². The van der Waals surface area contributed by atoms with Gasteiger partial charge in [-0.1, -0.05) is 21.3 Å². The number of rotatable bonds is 3. The predicted octanol–water partition coefficient (Wildman–Crippen LogP) is 3.39. The van der Waals surface area contributed by atoms with Gasteiger partial charge in [0.1, 0.15) is 5.78 Å². The van der Waals surface area contributed by atoms with Crippen LogP contribution in [0.3, 0.4) is 0 Å². The molecule has 0 aliphatic heterocycles. The van der Waals surface area contributed by atoms with Gasteiger partial charge in [0, 0.05) is 6.92 Å². The highest BCUT2D eigenvalue weighted by Gasteiger charge is 2.00. The van der Waals surface area contributed by atoms with Gasteiger partial charge in [-0.15, -0.1) is 0 Å². The van der Waals surface area contributed by atoms with Crippen LogP contribution in [0.4, 0.5) is 4.39 Å². The lowest BCUT2D eigenvalue weighted by Crippen LogP contribution is -2.28. The highest BCUT2D eigenvalue weighted by Crippen LogP contribution is 1.77. The van der Waals surface area contributed by atoms with Crippen molar-refractivity contribution in [3.05, 3.63) is 0 Å². The maximum atomic E-state index is 10.3. The minimum absolute atomic E-state index is 0. The molecule has 0 amide bonds. The van der Waals surface area contributed by atoms with Crippen molar-refractivity contribution in [1.29, 1.82) is 0 Å². The number of carbonyl (C=O) groups excluding carboxylic acids is 2. The SMILES string of the molecule is C.CC.CCF.CCOC(C)=O.CNC(C)C(C)=O. The van der Waals surface area contributed by atoms with Crippen LogP contribution in [0, 0.1) is 0 Å². The third-order valence-corrected chi connectivity index (χ3v) is 1.39. The van der Waals surface area contributed by atoms with Crippen molar-refractivity contribution in [2.24, 2.45) is 0 Å². The van der Waals surface area contributed by atoms with E-state index in [9.17, 15) is 14.0 Å². The summed E-state index contributed by atoms with van der Waals surface area (Å²) in [6.07, 6.45) is 0. The lowest BCUT2D eigenvalue weighted by atomic mass is 10.2. The second kappa shape index (κ2) is 30.2. The van der Waals surface area contributed by atoms with E-state index >= 15 is 0 Å². The molecular weight excluding hydrogens is 249 g/mol. The van der Waals surface area contributed by atoms with Crippen LogP contribution >= 0.6 is 0 Å². The Morgan fingerprint density at radius 2 is 1.53 bits per heavy atom. The topological polar surface area (TPSA) is 55.4 Å². The molecule has 0 bridgehead atoms. The molecule has 0 aromatic heterocycles. The summed E-state index contributed by atoms with van der Waals surface area (Å²) < 4.78 is 14.7. The summed E-state index contributed by atoms with van der Waals surface area (Å²) in [5.74, 6) is -0.0278. The van der Waals surface area contributed by atoms with E-state index in [2.05, 4.69) is 10.1 Å². The number of Topliss-reactive ketones (excluding diaryl/α,β-unsaturated/α-hetero) is 1. The third kappa shape index (κ3) is 59.7. The van der Waals surface area contributed by atoms with Crippen molar-refractivity contribution >= 4 is 11.8 Å². The van der Waals surface area contributed by atoms with E-state index in [1.165, 1.54) is 13.8 Å². The van der Waals surface area contributed by atoms with Gasteiger partial charge in [0.15, 0.2) is 0 Å². The number of halogens is 1. The largest absolute Gasteiger partial charge is 0.466 e. The number of ether oxygens (including phenoxy) is 1. The Balaban J connectivity index is -0.0000000499. The summed E-state index contributed by atoms with van der Waals surface area (Å²) in [5, 5.41) is 2.81. The standard InChI is InChI=1S/C5H11NO.C4H8O2.C2H5F.C2H6.CH4/c1-4(6-3)5(2)7;1-3-6-4(2)5;1-2-3;1-2;/h4,6H,1-3H3;3H2,1-2H3;2H2,1H3;1-2H3;1H4. The fourth-order valence-electron chi connectivity index (χ4n) is 0.407. The molecule has 0 aromatic carbocycles. The molecule has 0 heterocycles. The molecule has 0 saturated carbocycles. The summed E-state index contributed by atoms with van der Waals surface area (Å²) in [7, 11) is 1.77. The smallest absolute Gasteiger partial charge is 0.302 e. The van der Waals surface area contributed by atoms with E-state index in [0.717, 1.165) is 0 Å². The summed E-state index contributed by atoms with van der Waals surface area (Å²) >= 11 is 0. The molecule has 1 unspecified atom stereocenters. The first-order valence-corrected chi connectivity index (χ1v) is 6.24. The van der Waals surface area contributed by atoms with Gasteiger partial charge >= 0.3 is 5.97 Å². The van der Waals surface area contributed by atoms with Crippen LogP contribution in [0.1, 0.15) is 55.9 Å². The molecule has 19 heavy (non-hydrogen) atoms. The first-order valence-electron chi connectivity index (χ1n) is 6.24. The van der Waals surface area contributed by atoms with Gasteiger partial charge < -0.3 is 10.1 Å². The monoisotopic (exact) mass is 283 g/mol. The van der Waals surface area contributed by atoms with E-state index < -0.39 is 0 Å². The molecular formula is C14H34FNO3. The molecule has 0 rings (SSSR count). The van der Waals surface area contributed by atoms with Crippen molar-refractivity contribution in [3.8, 4) is 0 Å². The second-order valence-corrected chi connectivity index (χ2v) is 2.81. The van der Waals surface area contributed by atoms with Gasteiger partial charge in [0.2, 0.25) is 0 Å². The van der Waals surface area contributed by atoms with Crippen LogP contribution in [-0.4, -0.2) is 38.1 Å². The number of alkyl halides is 1. The summed E-state index contributed by atoms with van der Waals surface area (Å²) in [5.41, 5.74) is 0. The third-order valence-electron chi connectivity index (χ3n) is 1.39. The molecule has 0 spiro atoms. The molecule has 0 fully saturated rings. The number of hydrogen-bond donors (Lipinski definition) is 1. The summed E-state index contributed by atoms with van der Waals surface area (Å²) in [6, 6.07) is 0.0139. The van der Waals surface area contributed by atoms with Crippen LogP contribution < -0.4 is 5.32 Å². The molecule has 0 aliphatic carbocycles. The molecule has 120 valence electrons. The Bertz CT molecular complexity index is 176. The number of ketones is 1. The van der Waals surface area contributed by atoms with E-state index in [0.29, 0.717) is 6.61 Å². The van der Waals surface area contributed by atoms with Crippen molar-refractivity contribution in [1.82, 2.24) is 5.32 Å². The predicted molar refractivity (Wildman–Crippen MR) is 81.2 cm³/mol. The van der Waals surface area contributed by atoms with Crippen molar-refractivity contribution < 1.29 is 18.7 Å². The van der Waals surface area contributed by atoms with Crippen molar-refractivity contribution in [3.63, 3.8) is 0 Å². The van der Waals surface area contributed by atoms with Crippen molar-refractivity contribution in [2.75, 3.05) is 20.3 Å².